The van der Waals surface area contributed by atoms with Gasteiger partial charge in [0.25, 0.3) is 11.8 Å². The van der Waals surface area contributed by atoms with Gasteiger partial charge in [0.15, 0.2) is 0 Å². The number of rotatable bonds is 3. The third kappa shape index (κ3) is 2.34. The minimum Gasteiger partial charge on any atom is -0.390 e. The highest BCUT2D eigenvalue weighted by atomic mass is 16.3. The summed E-state index contributed by atoms with van der Waals surface area (Å²) < 4.78 is 0. The first-order chi connectivity index (χ1) is 9.72. The Morgan fingerprint density at radius 3 is 2.43 bits per heavy atom. The Kier molecular flexibility index (Phi) is 3.86. The average molecular weight is 293 g/mol. The lowest BCUT2D eigenvalue weighted by Gasteiger charge is -2.43. The molecule has 1 aliphatic heterocycles. The molecule has 0 fully saturated rings. The quantitative estimate of drug-likeness (QED) is 0.496. The summed E-state index contributed by atoms with van der Waals surface area (Å²) in [5.41, 5.74) is 0.170. The van der Waals surface area contributed by atoms with Gasteiger partial charge in [-0.1, -0.05) is 13.8 Å². The van der Waals surface area contributed by atoms with Crippen LogP contribution in [-0.2, 0) is 14.4 Å². The van der Waals surface area contributed by atoms with E-state index in [1.165, 1.54) is 6.08 Å². The summed E-state index contributed by atoms with van der Waals surface area (Å²) in [4.78, 5) is 34.7. The van der Waals surface area contributed by atoms with Crippen molar-refractivity contribution >= 4 is 18.1 Å². The van der Waals surface area contributed by atoms with Crippen LogP contribution in [0, 0.1) is 11.3 Å². The largest absolute Gasteiger partial charge is 0.390 e. The van der Waals surface area contributed by atoms with Gasteiger partial charge in [-0.25, -0.2) is 0 Å². The smallest absolute Gasteiger partial charge is 0.254 e. The molecule has 2 rings (SSSR count). The van der Waals surface area contributed by atoms with Crippen molar-refractivity contribution in [2.75, 3.05) is 0 Å². The van der Waals surface area contributed by atoms with Gasteiger partial charge in [-0.15, -0.1) is 0 Å². The Hall–Kier alpha value is -1.79. The first-order valence-corrected chi connectivity index (χ1v) is 6.81. The Labute approximate surface area is 122 Å². The van der Waals surface area contributed by atoms with E-state index in [0.29, 0.717) is 23.0 Å². The molecule has 1 aliphatic carbocycles. The summed E-state index contributed by atoms with van der Waals surface area (Å²) >= 11 is 0. The summed E-state index contributed by atoms with van der Waals surface area (Å²) in [5, 5.41) is 22.0. The van der Waals surface area contributed by atoms with Gasteiger partial charge in [0.2, 0.25) is 0 Å². The van der Waals surface area contributed by atoms with E-state index in [9.17, 15) is 24.6 Å². The summed E-state index contributed by atoms with van der Waals surface area (Å²) in [6, 6.07) is 0. The zero-order valence-electron chi connectivity index (χ0n) is 12.2. The van der Waals surface area contributed by atoms with Gasteiger partial charge < -0.3 is 10.2 Å². The maximum Gasteiger partial charge on any atom is 0.254 e. The second-order valence-corrected chi connectivity index (χ2v) is 5.99. The number of imide groups is 1. The zero-order chi connectivity index (χ0) is 15.9. The van der Waals surface area contributed by atoms with Crippen molar-refractivity contribution in [1.29, 1.82) is 0 Å². The fourth-order valence-electron chi connectivity index (χ4n) is 3.01. The molecular formula is C15H19NO5. The summed E-state index contributed by atoms with van der Waals surface area (Å²) in [6.45, 7) is 5.03. The normalized spacial score (nSPS) is 36.6. The molecule has 0 radical (unpaired) electrons. The first kappa shape index (κ1) is 15.6. The van der Waals surface area contributed by atoms with Gasteiger partial charge in [0.05, 0.1) is 12.2 Å². The molecule has 4 atom stereocenters. The summed E-state index contributed by atoms with van der Waals surface area (Å²) in [5.74, 6) is -1.34. The van der Waals surface area contributed by atoms with Gasteiger partial charge in [-0.05, 0) is 30.9 Å². The molecule has 1 heterocycles. The van der Waals surface area contributed by atoms with E-state index < -0.39 is 35.4 Å². The lowest BCUT2D eigenvalue weighted by Crippen LogP contribution is -2.46. The monoisotopic (exact) mass is 293 g/mol. The lowest BCUT2D eigenvalue weighted by atomic mass is 9.62. The van der Waals surface area contributed by atoms with Crippen LogP contribution < -0.4 is 5.32 Å². The number of aliphatic hydroxyl groups excluding tert-OH is 2. The van der Waals surface area contributed by atoms with Gasteiger partial charge >= 0.3 is 0 Å². The van der Waals surface area contributed by atoms with Crippen LogP contribution in [0.2, 0.25) is 0 Å². The molecule has 0 saturated heterocycles. The summed E-state index contributed by atoms with van der Waals surface area (Å²) in [6.07, 6.45) is -0.0215. The molecule has 6 nitrogen and oxygen atoms in total. The number of carbonyl (C=O) groups excluding carboxylic acids is 3. The molecule has 0 bridgehead atoms. The van der Waals surface area contributed by atoms with Crippen molar-refractivity contribution in [2.24, 2.45) is 11.3 Å². The van der Waals surface area contributed by atoms with Crippen LogP contribution >= 0.6 is 0 Å². The van der Waals surface area contributed by atoms with Crippen molar-refractivity contribution in [2.45, 2.75) is 39.4 Å². The maximum atomic E-state index is 11.8. The molecule has 2 aliphatic rings. The highest BCUT2D eigenvalue weighted by Crippen LogP contribution is 2.46. The van der Waals surface area contributed by atoms with Crippen LogP contribution in [0.15, 0.2) is 22.8 Å². The number of nitrogens with one attached hydrogen (secondary N) is 1. The van der Waals surface area contributed by atoms with Crippen molar-refractivity contribution in [3.05, 3.63) is 22.8 Å². The number of allylic oxidation sites excluding steroid dienone is 1. The third-order valence-corrected chi connectivity index (χ3v) is 4.84. The van der Waals surface area contributed by atoms with Crippen LogP contribution in [0.1, 0.15) is 27.2 Å². The minimum atomic E-state index is -1.11. The van der Waals surface area contributed by atoms with E-state index in [1.807, 2.05) is 0 Å². The van der Waals surface area contributed by atoms with Crippen LogP contribution in [0.4, 0.5) is 0 Å². The van der Waals surface area contributed by atoms with Crippen molar-refractivity contribution in [1.82, 2.24) is 5.32 Å². The van der Waals surface area contributed by atoms with E-state index in [2.05, 4.69) is 5.32 Å². The molecule has 2 amide bonds. The van der Waals surface area contributed by atoms with Crippen LogP contribution in [0.25, 0.3) is 0 Å². The topological polar surface area (TPSA) is 104 Å². The van der Waals surface area contributed by atoms with Crippen LogP contribution in [0.5, 0.6) is 0 Å². The van der Waals surface area contributed by atoms with Crippen molar-refractivity contribution in [3.63, 3.8) is 0 Å². The number of aliphatic hydroxyl groups is 2. The second kappa shape index (κ2) is 5.20. The fraction of sp³-hybridized carbons (Fsp3) is 0.533. The number of hydrogen-bond acceptors (Lipinski definition) is 5. The molecule has 6 heteroatoms. The predicted octanol–water partition coefficient (Wildman–Crippen LogP) is -0.148. The van der Waals surface area contributed by atoms with E-state index >= 15 is 0 Å². The molecule has 0 unspecified atom stereocenters. The van der Waals surface area contributed by atoms with Crippen LogP contribution in [-0.4, -0.2) is 40.5 Å². The molecule has 0 spiro atoms. The zero-order valence-corrected chi connectivity index (χ0v) is 12.2. The first-order valence-electron chi connectivity index (χ1n) is 6.81. The van der Waals surface area contributed by atoms with E-state index in [4.69, 9.17) is 0 Å². The second-order valence-electron chi connectivity index (χ2n) is 5.99. The van der Waals surface area contributed by atoms with Crippen molar-refractivity contribution in [3.8, 4) is 0 Å². The molecule has 114 valence electrons. The Bertz CT molecular complexity index is 577. The molecule has 3 N–H and O–H groups in total. The Morgan fingerprint density at radius 1 is 1.33 bits per heavy atom. The van der Waals surface area contributed by atoms with Crippen molar-refractivity contribution < 1.29 is 24.6 Å². The number of aldehydes is 1. The van der Waals surface area contributed by atoms with E-state index in [1.54, 1.807) is 20.8 Å². The number of hydrogen-bond donors (Lipinski definition) is 3. The Morgan fingerprint density at radius 2 is 1.95 bits per heavy atom. The average Bonchev–Trinajstić information content (AvgIpc) is 2.67. The van der Waals surface area contributed by atoms with Gasteiger partial charge in [-0.2, -0.15) is 0 Å². The standard InChI is InChI=1S/C15H19NO5/c1-7-10(14(21)16-13(7)20)5-15(3)8(2)12(19)11(18)4-9(15)6-17/h4,6,8,11-12,18-19H,5H2,1-3H3,(H,16,20,21)/t8-,11-,12+,15+/m0/s1. The summed E-state index contributed by atoms with van der Waals surface area (Å²) in [7, 11) is 0. The lowest BCUT2D eigenvalue weighted by molar-refractivity contribution is -0.124. The van der Waals surface area contributed by atoms with Gasteiger partial charge in [0.1, 0.15) is 6.29 Å². The highest BCUT2D eigenvalue weighted by molar-refractivity contribution is 6.19. The van der Waals surface area contributed by atoms with Gasteiger partial charge in [-0.3, -0.25) is 19.7 Å². The predicted molar refractivity (Wildman–Crippen MR) is 73.9 cm³/mol. The SMILES string of the molecule is CC1=C(C[C@@]2(C)C(C=O)=C[C@H](O)[C@H](O)[C@@H]2C)C(=O)NC1=O. The fourth-order valence-corrected chi connectivity index (χ4v) is 3.01. The van der Waals surface area contributed by atoms with Gasteiger partial charge in [0, 0.05) is 16.6 Å². The number of amides is 2. The highest BCUT2D eigenvalue weighted by Gasteiger charge is 2.46. The molecule has 21 heavy (non-hydrogen) atoms. The molecular weight excluding hydrogens is 274 g/mol. The Balaban J connectivity index is 2.45. The molecule has 0 aromatic rings. The van der Waals surface area contributed by atoms with E-state index in [0.717, 1.165) is 0 Å². The molecule has 0 aromatic heterocycles. The molecule has 0 aromatic carbocycles. The maximum absolute atomic E-state index is 11.8. The minimum absolute atomic E-state index is 0.159. The number of carbonyl (C=O) groups is 3. The third-order valence-electron chi connectivity index (χ3n) is 4.84. The van der Waals surface area contributed by atoms with E-state index in [-0.39, 0.29) is 6.42 Å². The molecule has 0 saturated carbocycles. The van der Waals surface area contributed by atoms with Crippen LogP contribution in [0.3, 0.4) is 0 Å².